The first-order valence-corrected chi connectivity index (χ1v) is 14.5. The van der Waals surface area contributed by atoms with Crippen LogP contribution in [0.3, 0.4) is 0 Å². The molecule has 4 rings (SSSR count). The van der Waals surface area contributed by atoms with Crippen molar-refractivity contribution in [1.29, 1.82) is 0 Å². The predicted octanol–water partition coefficient (Wildman–Crippen LogP) is 1.82. The maximum Gasteiger partial charge on any atom is 0.330 e. The summed E-state index contributed by atoms with van der Waals surface area (Å²) in [5.74, 6) is 0. The number of benzene rings is 2. The zero-order valence-electron chi connectivity index (χ0n) is 21.8. The van der Waals surface area contributed by atoms with Gasteiger partial charge >= 0.3 is 5.69 Å². The van der Waals surface area contributed by atoms with Gasteiger partial charge in [-0.15, -0.1) is 0 Å². The molecule has 0 amide bonds. The summed E-state index contributed by atoms with van der Waals surface area (Å²) in [5.41, 5.74) is -0.648. The zero-order valence-corrected chi connectivity index (χ0v) is 22.8. The molecule has 0 unspecified atom stereocenters. The van der Waals surface area contributed by atoms with Crippen LogP contribution in [0.2, 0.25) is 5.04 Å². The van der Waals surface area contributed by atoms with Gasteiger partial charge in [0.05, 0.1) is 12.2 Å². The van der Waals surface area contributed by atoms with Gasteiger partial charge in [0.2, 0.25) is 0 Å². The van der Waals surface area contributed by atoms with Crippen molar-refractivity contribution >= 4 is 18.7 Å². The lowest BCUT2D eigenvalue weighted by Crippen LogP contribution is -2.68. The van der Waals surface area contributed by atoms with Gasteiger partial charge < -0.3 is 19.4 Å². The maximum absolute atomic E-state index is 12.7. The number of ether oxygens (including phenoxy) is 1. The zero-order chi connectivity index (χ0) is 26.8. The number of H-pyrrole nitrogens is 1. The van der Waals surface area contributed by atoms with E-state index in [1.54, 1.807) is 6.92 Å². The van der Waals surface area contributed by atoms with E-state index in [-0.39, 0.29) is 18.1 Å². The highest BCUT2D eigenvalue weighted by Gasteiger charge is 2.54. The standard InChI is InChI=1S/C28H36N2O6Si/c1-19-18-30(27(34)29-26(19)33)24-17-23(25(35-24)22(32)15-16-31)36-37(28(2,3)4,20-11-7-5-8-12-20)21-13-9-6-10-14-21/h5-14,18,22-25,31-32H,15-17H2,1-4H3,(H,29,33,34)/t22-,23+,24-,25-/m1/s1. The molecule has 1 aliphatic rings. The molecular formula is C28H36N2O6Si. The topological polar surface area (TPSA) is 114 Å². The van der Waals surface area contributed by atoms with Crippen LogP contribution in [-0.4, -0.2) is 53.0 Å². The normalized spacial score (nSPS) is 21.2. The average molecular weight is 525 g/mol. The quantitative estimate of drug-likeness (QED) is 0.388. The van der Waals surface area contributed by atoms with Crippen LogP contribution >= 0.6 is 0 Å². The fraction of sp³-hybridized carbons (Fsp3) is 0.429. The number of rotatable bonds is 8. The lowest BCUT2D eigenvalue weighted by atomic mass is 10.1. The number of nitrogens with zero attached hydrogens (tertiary/aromatic N) is 1. The van der Waals surface area contributed by atoms with Crippen molar-refractivity contribution in [1.82, 2.24) is 9.55 Å². The number of aryl methyl sites for hydroxylation is 1. The molecule has 2 heterocycles. The van der Waals surface area contributed by atoms with Crippen molar-refractivity contribution in [3.8, 4) is 0 Å². The molecule has 198 valence electrons. The van der Waals surface area contributed by atoms with Crippen LogP contribution in [0.4, 0.5) is 0 Å². The van der Waals surface area contributed by atoms with E-state index in [1.165, 1.54) is 10.8 Å². The summed E-state index contributed by atoms with van der Waals surface area (Å²) in [7, 11) is -2.99. The second-order valence-electron chi connectivity index (χ2n) is 10.7. The van der Waals surface area contributed by atoms with Gasteiger partial charge in [0.25, 0.3) is 13.9 Å². The number of aromatic nitrogens is 2. The minimum absolute atomic E-state index is 0.109. The fourth-order valence-electron chi connectivity index (χ4n) is 5.31. The molecule has 0 spiro atoms. The van der Waals surface area contributed by atoms with E-state index in [0.29, 0.717) is 12.0 Å². The Morgan fingerprint density at radius 3 is 2.16 bits per heavy atom. The Kier molecular flexibility index (Phi) is 8.01. The summed E-state index contributed by atoms with van der Waals surface area (Å²) in [4.78, 5) is 26.9. The Morgan fingerprint density at radius 1 is 1.08 bits per heavy atom. The van der Waals surface area contributed by atoms with Gasteiger partial charge in [-0.1, -0.05) is 81.4 Å². The largest absolute Gasteiger partial charge is 0.402 e. The third-order valence-electron chi connectivity index (χ3n) is 7.12. The van der Waals surface area contributed by atoms with Gasteiger partial charge in [-0.2, -0.15) is 0 Å². The molecule has 8 nitrogen and oxygen atoms in total. The van der Waals surface area contributed by atoms with Crippen molar-refractivity contribution in [2.75, 3.05) is 6.61 Å². The Hall–Kier alpha value is -2.82. The van der Waals surface area contributed by atoms with Crippen molar-refractivity contribution in [2.24, 2.45) is 0 Å². The summed E-state index contributed by atoms with van der Waals surface area (Å²) in [5, 5.41) is 22.4. The number of aliphatic hydroxyl groups is 2. The first-order valence-electron chi connectivity index (χ1n) is 12.6. The van der Waals surface area contributed by atoms with Crippen LogP contribution < -0.4 is 21.6 Å². The number of nitrogens with one attached hydrogen (secondary N) is 1. The highest BCUT2D eigenvalue weighted by Crippen LogP contribution is 2.41. The molecule has 4 atom stereocenters. The first kappa shape index (κ1) is 27.2. The number of hydrogen-bond donors (Lipinski definition) is 3. The summed E-state index contributed by atoms with van der Waals surface area (Å²) in [6, 6.07) is 20.3. The van der Waals surface area contributed by atoms with Crippen molar-refractivity contribution in [2.45, 2.75) is 70.1 Å². The smallest absolute Gasteiger partial charge is 0.330 e. The second-order valence-corrected chi connectivity index (χ2v) is 14.9. The minimum Gasteiger partial charge on any atom is -0.402 e. The molecule has 1 saturated heterocycles. The van der Waals surface area contributed by atoms with E-state index >= 15 is 0 Å². The molecule has 3 aromatic rings. The Bertz CT molecular complexity index is 1260. The summed E-state index contributed by atoms with van der Waals surface area (Å²) >= 11 is 0. The lowest BCUT2D eigenvalue weighted by molar-refractivity contribution is -0.0858. The lowest BCUT2D eigenvalue weighted by Gasteiger charge is -2.45. The van der Waals surface area contributed by atoms with Gasteiger partial charge in [-0.25, -0.2) is 4.79 Å². The van der Waals surface area contributed by atoms with E-state index in [1.807, 2.05) is 36.4 Å². The molecule has 3 N–H and O–H groups in total. The first-order chi connectivity index (χ1) is 17.6. The number of hydrogen-bond acceptors (Lipinski definition) is 6. The second kappa shape index (κ2) is 10.9. The van der Waals surface area contributed by atoms with Crippen LogP contribution in [0.15, 0.2) is 76.4 Å². The maximum atomic E-state index is 12.7. The molecular weight excluding hydrogens is 488 g/mol. The highest BCUT2D eigenvalue weighted by atomic mass is 28.4. The van der Waals surface area contributed by atoms with E-state index in [9.17, 15) is 19.8 Å². The number of aliphatic hydroxyl groups excluding tert-OH is 2. The van der Waals surface area contributed by atoms with Crippen LogP contribution in [0.5, 0.6) is 0 Å². The van der Waals surface area contributed by atoms with Crippen LogP contribution in [0.1, 0.15) is 45.4 Å². The van der Waals surface area contributed by atoms with E-state index in [4.69, 9.17) is 9.16 Å². The molecule has 0 bridgehead atoms. The van der Waals surface area contributed by atoms with Gasteiger partial charge in [0.15, 0.2) is 0 Å². The van der Waals surface area contributed by atoms with Crippen LogP contribution in [-0.2, 0) is 9.16 Å². The van der Waals surface area contributed by atoms with Crippen LogP contribution in [0, 0.1) is 6.92 Å². The number of aromatic amines is 1. The van der Waals surface area contributed by atoms with Gasteiger partial charge in [0.1, 0.15) is 12.3 Å². The van der Waals surface area contributed by atoms with Gasteiger partial charge in [-0.3, -0.25) is 14.3 Å². The Morgan fingerprint density at radius 2 is 1.65 bits per heavy atom. The minimum atomic E-state index is -2.99. The molecule has 0 radical (unpaired) electrons. The SMILES string of the molecule is Cc1cn([C@H]2C[C@H](O[Si](c3ccccc3)(c3ccccc3)C(C)(C)C)[C@@H]([C@H](O)CCO)O2)c(=O)[nH]c1=O. The molecule has 1 aliphatic heterocycles. The van der Waals surface area contributed by atoms with Crippen molar-refractivity contribution in [3.05, 3.63) is 93.3 Å². The molecule has 1 aromatic heterocycles. The van der Waals surface area contributed by atoms with Crippen LogP contribution in [0.25, 0.3) is 0 Å². The summed E-state index contributed by atoms with van der Waals surface area (Å²) < 4.78 is 14.9. The molecule has 9 heteroatoms. The predicted molar refractivity (Wildman–Crippen MR) is 145 cm³/mol. The third kappa shape index (κ3) is 5.28. The van der Waals surface area contributed by atoms with Gasteiger partial charge in [0, 0.05) is 24.8 Å². The molecule has 1 fully saturated rings. The molecule has 2 aromatic carbocycles. The van der Waals surface area contributed by atoms with Crippen molar-refractivity contribution in [3.63, 3.8) is 0 Å². The average Bonchev–Trinajstić information content (AvgIpc) is 3.29. The molecule has 0 aliphatic carbocycles. The summed E-state index contributed by atoms with van der Waals surface area (Å²) in [6.45, 7) is 7.91. The van der Waals surface area contributed by atoms with Gasteiger partial charge in [-0.05, 0) is 28.8 Å². The van der Waals surface area contributed by atoms with E-state index in [0.717, 1.165) is 10.4 Å². The Balaban J connectivity index is 1.83. The fourth-order valence-corrected chi connectivity index (χ4v) is 10.0. The Labute approximate surface area is 217 Å². The summed E-state index contributed by atoms with van der Waals surface area (Å²) in [6.07, 6.45) is -1.22. The third-order valence-corrected chi connectivity index (χ3v) is 12.2. The van der Waals surface area contributed by atoms with E-state index < -0.39 is 44.1 Å². The van der Waals surface area contributed by atoms with Crippen molar-refractivity contribution < 1.29 is 19.4 Å². The monoisotopic (exact) mass is 524 g/mol. The highest BCUT2D eigenvalue weighted by molar-refractivity contribution is 6.99. The van der Waals surface area contributed by atoms with E-state index in [2.05, 4.69) is 50.0 Å². The molecule has 0 saturated carbocycles. The molecule has 37 heavy (non-hydrogen) atoms.